The first-order valence-electron chi connectivity index (χ1n) is 6.64. The quantitative estimate of drug-likeness (QED) is 0.770. The summed E-state index contributed by atoms with van der Waals surface area (Å²) in [5.41, 5.74) is 8.15. The van der Waals surface area contributed by atoms with Crippen molar-refractivity contribution in [1.29, 1.82) is 0 Å². The Morgan fingerprint density at radius 3 is 2.70 bits per heavy atom. The summed E-state index contributed by atoms with van der Waals surface area (Å²) in [5.74, 6) is -0.136. The highest BCUT2D eigenvalue weighted by Gasteiger charge is 2.47. The van der Waals surface area contributed by atoms with Gasteiger partial charge in [0, 0.05) is 23.5 Å². The van der Waals surface area contributed by atoms with E-state index < -0.39 is 6.04 Å². The SMILES string of the molecule is CC(N)C(=O)NC1(c2ccc(-c3cn[nH]c3)cn2)CC1. The largest absolute Gasteiger partial charge is 0.344 e. The van der Waals surface area contributed by atoms with Crippen LogP contribution in [0.25, 0.3) is 11.1 Å². The van der Waals surface area contributed by atoms with Crippen LogP contribution in [0.2, 0.25) is 0 Å². The molecule has 1 amide bonds. The smallest absolute Gasteiger partial charge is 0.237 e. The Kier molecular flexibility index (Phi) is 3.02. The number of carbonyl (C=O) groups excluding carboxylic acids is 1. The fourth-order valence-electron chi connectivity index (χ4n) is 2.18. The molecule has 4 N–H and O–H groups in total. The molecule has 0 saturated heterocycles. The number of aromatic amines is 1. The summed E-state index contributed by atoms with van der Waals surface area (Å²) in [5, 5.41) is 9.68. The zero-order valence-electron chi connectivity index (χ0n) is 11.3. The van der Waals surface area contributed by atoms with Crippen LogP contribution in [0, 0.1) is 0 Å². The maximum atomic E-state index is 11.7. The third kappa shape index (κ3) is 2.30. The Morgan fingerprint density at radius 2 is 2.20 bits per heavy atom. The van der Waals surface area contributed by atoms with E-state index in [1.807, 2.05) is 18.3 Å². The van der Waals surface area contributed by atoms with E-state index in [1.165, 1.54) is 0 Å². The van der Waals surface area contributed by atoms with Crippen LogP contribution in [0.3, 0.4) is 0 Å². The molecule has 20 heavy (non-hydrogen) atoms. The summed E-state index contributed by atoms with van der Waals surface area (Å²) in [4.78, 5) is 16.2. The topological polar surface area (TPSA) is 96.7 Å². The van der Waals surface area contributed by atoms with Crippen LogP contribution in [0.5, 0.6) is 0 Å². The van der Waals surface area contributed by atoms with Gasteiger partial charge >= 0.3 is 0 Å². The van der Waals surface area contributed by atoms with E-state index >= 15 is 0 Å². The third-order valence-corrected chi connectivity index (χ3v) is 3.61. The predicted molar refractivity (Wildman–Crippen MR) is 74.5 cm³/mol. The molecule has 6 heteroatoms. The Bertz CT molecular complexity index is 599. The van der Waals surface area contributed by atoms with Crippen molar-refractivity contribution in [2.24, 2.45) is 5.73 Å². The van der Waals surface area contributed by atoms with Crippen molar-refractivity contribution in [3.63, 3.8) is 0 Å². The van der Waals surface area contributed by atoms with Crippen LogP contribution in [-0.4, -0.2) is 27.1 Å². The van der Waals surface area contributed by atoms with Crippen LogP contribution < -0.4 is 11.1 Å². The molecule has 6 nitrogen and oxygen atoms in total. The molecular weight excluding hydrogens is 254 g/mol. The Balaban J connectivity index is 1.79. The fraction of sp³-hybridized carbons (Fsp3) is 0.357. The van der Waals surface area contributed by atoms with Crippen LogP contribution in [0.4, 0.5) is 0 Å². The highest BCUT2D eigenvalue weighted by molar-refractivity contribution is 5.82. The predicted octanol–water partition coefficient (Wildman–Crippen LogP) is 0.924. The lowest BCUT2D eigenvalue weighted by molar-refractivity contribution is -0.123. The number of nitrogens with zero attached hydrogens (tertiary/aromatic N) is 2. The number of amides is 1. The zero-order valence-corrected chi connectivity index (χ0v) is 11.3. The molecule has 2 heterocycles. The molecule has 1 atom stereocenters. The van der Waals surface area contributed by atoms with Gasteiger partial charge in [-0.3, -0.25) is 14.9 Å². The van der Waals surface area contributed by atoms with E-state index in [0.717, 1.165) is 29.7 Å². The van der Waals surface area contributed by atoms with Gasteiger partial charge in [0.05, 0.1) is 23.5 Å². The van der Waals surface area contributed by atoms with Crippen LogP contribution in [0.15, 0.2) is 30.7 Å². The fourth-order valence-corrected chi connectivity index (χ4v) is 2.18. The summed E-state index contributed by atoms with van der Waals surface area (Å²) in [6.45, 7) is 1.68. The highest BCUT2D eigenvalue weighted by Crippen LogP contribution is 2.44. The second-order valence-electron chi connectivity index (χ2n) is 5.28. The second-order valence-corrected chi connectivity index (χ2v) is 5.28. The van der Waals surface area contributed by atoms with Crippen LogP contribution in [0.1, 0.15) is 25.5 Å². The highest BCUT2D eigenvalue weighted by atomic mass is 16.2. The van der Waals surface area contributed by atoms with Crippen LogP contribution in [-0.2, 0) is 10.3 Å². The maximum absolute atomic E-state index is 11.7. The summed E-state index contributed by atoms with van der Waals surface area (Å²) >= 11 is 0. The van der Waals surface area contributed by atoms with Gasteiger partial charge in [-0.1, -0.05) is 6.07 Å². The Morgan fingerprint density at radius 1 is 1.40 bits per heavy atom. The molecule has 1 saturated carbocycles. The molecule has 0 aromatic carbocycles. The van der Waals surface area contributed by atoms with Crippen molar-refractivity contribution in [2.45, 2.75) is 31.3 Å². The zero-order chi connectivity index (χ0) is 14.2. The molecule has 1 unspecified atom stereocenters. The number of hydrogen-bond donors (Lipinski definition) is 3. The van der Waals surface area contributed by atoms with E-state index in [9.17, 15) is 4.79 Å². The molecule has 0 radical (unpaired) electrons. The first-order valence-corrected chi connectivity index (χ1v) is 6.64. The van der Waals surface area contributed by atoms with E-state index in [-0.39, 0.29) is 11.4 Å². The minimum atomic E-state index is -0.502. The summed E-state index contributed by atoms with van der Waals surface area (Å²) < 4.78 is 0. The molecule has 0 bridgehead atoms. The van der Waals surface area contributed by atoms with Crippen molar-refractivity contribution < 1.29 is 4.79 Å². The van der Waals surface area contributed by atoms with E-state index in [2.05, 4.69) is 20.5 Å². The number of hydrogen-bond acceptors (Lipinski definition) is 4. The maximum Gasteiger partial charge on any atom is 0.237 e. The molecule has 104 valence electrons. The Hall–Kier alpha value is -2.21. The summed E-state index contributed by atoms with van der Waals surface area (Å²) in [6, 6.07) is 3.44. The van der Waals surface area contributed by atoms with Gasteiger partial charge in [0.15, 0.2) is 0 Å². The number of nitrogens with one attached hydrogen (secondary N) is 2. The molecule has 0 spiro atoms. The number of H-pyrrole nitrogens is 1. The first kappa shape index (κ1) is 12.8. The van der Waals surface area contributed by atoms with Gasteiger partial charge in [-0.15, -0.1) is 0 Å². The minimum Gasteiger partial charge on any atom is -0.344 e. The molecule has 2 aromatic rings. The molecule has 0 aliphatic heterocycles. The minimum absolute atomic E-state index is 0.136. The first-order chi connectivity index (χ1) is 9.61. The van der Waals surface area contributed by atoms with Gasteiger partial charge in [0.2, 0.25) is 5.91 Å². The summed E-state index contributed by atoms with van der Waals surface area (Å²) in [6.07, 6.45) is 7.19. The van der Waals surface area contributed by atoms with E-state index in [1.54, 1.807) is 19.3 Å². The lowest BCUT2D eigenvalue weighted by Gasteiger charge is -2.18. The van der Waals surface area contributed by atoms with Gasteiger partial charge in [-0.25, -0.2) is 0 Å². The van der Waals surface area contributed by atoms with Gasteiger partial charge in [0.25, 0.3) is 0 Å². The lowest BCUT2D eigenvalue weighted by Crippen LogP contribution is -2.44. The number of rotatable bonds is 4. The van der Waals surface area contributed by atoms with Crippen molar-refractivity contribution in [3.05, 3.63) is 36.4 Å². The number of aromatic nitrogens is 3. The average molecular weight is 271 g/mol. The summed E-state index contributed by atoms with van der Waals surface area (Å²) in [7, 11) is 0. The number of pyridine rings is 1. The standard InChI is InChI=1S/C14H17N5O/c1-9(15)13(20)19-14(4-5-14)12-3-2-10(6-16-12)11-7-17-18-8-11/h2-3,6-9H,4-5,15H2,1H3,(H,17,18)(H,19,20). The lowest BCUT2D eigenvalue weighted by atomic mass is 10.1. The average Bonchev–Trinajstić information content (AvgIpc) is 3.02. The van der Waals surface area contributed by atoms with Crippen molar-refractivity contribution in [2.75, 3.05) is 0 Å². The number of carbonyl (C=O) groups is 1. The molecule has 3 rings (SSSR count). The van der Waals surface area contributed by atoms with Gasteiger partial charge < -0.3 is 11.1 Å². The monoisotopic (exact) mass is 271 g/mol. The van der Waals surface area contributed by atoms with E-state index in [0.29, 0.717) is 0 Å². The molecule has 1 aliphatic carbocycles. The molecule has 2 aromatic heterocycles. The number of nitrogens with two attached hydrogens (primary N) is 1. The Labute approximate surface area is 116 Å². The second kappa shape index (κ2) is 4.72. The molecule has 1 aliphatic rings. The molecule has 1 fully saturated rings. The van der Waals surface area contributed by atoms with Gasteiger partial charge in [-0.05, 0) is 25.8 Å². The third-order valence-electron chi connectivity index (χ3n) is 3.61. The molecular formula is C14H17N5O. The van der Waals surface area contributed by atoms with Crippen molar-refractivity contribution >= 4 is 5.91 Å². The van der Waals surface area contributed by atoms with E-state index in [4.69, 9.17) is 5.73 Å². The van der Waals surface area contributed by atoms with Gasteiger partial charge in [-0.2, -0.15) is 5.10 Å². The van der Waals surface area contributed by atoms with Crippen molar-refractivity contribution in [3.8, 4) is 11.1 Å². The van der Waals surface area contributed by atoms with Crippen LogP contribution >= 0.6 is 0 Å². The van der Waals surface area contributed by atoms with Gasteiger partial charge in [0.1, 0.15) is 0 Å². The normalized spacial score (nSPS) is 17.5. The van der Waals surface area contributed by atoms with Crippen molar-refractivity contribution in [1.82, 2.24) is 20.5 Å².